The van der Waals surface area contributed by atoms with E-state index in [4.69, 9.17) is 4.74 Å². The van der Waals surface area contributed by atoms with Gasteiger partial charge >= 0.3 is 0 Å². The molecule has 0 spiro atoms. The number of ether oxygens (including phenoxy) is 1. The van der Waals surface area contributed by atoms with Crippen LogP contribution in [0.15, 0.2) is 42.5 Å². The van der Waals surface area contributed by atoms with Crippen LogP contribution >= 0.6 is 0 Å². The number of benzene rings is 2. The molecule has 0 saturated carbocycles. The summed E-state index contributed by atoms with van der Waals surface area (Å²) in [5, 5.41) is 9.50. The third-order valence-electron chi connectivity index (χ3n) is 3.11. The molecule has 20 heavy (non-hydrogen) atoms. The lowest BCUT2D eigenvalue weighted by Crippen LogP contribution is -2.26. The number of aryl methyl sites for hydroxylation is 1. The molecule has 0 atom stereocenters. The lowest BCUT2D eigenvalue weighted by Gasteiger charge is -2.19. The zero-order chi connectivity index (χ0) is 14.7. The van der Waals surface area contributed by atoms with E-state index in [-0.39, 0.29) is 11.7 Å². The summed E-state index contributed by atoms with van der Waals surface area (Å²) in [5.74, 6) is 0.474. The Hall–Kier alpha value is -2.49. The van der Waals surface area contributed by atoms with Gasteiger partial charge in [0.15, 0.2) is 0 Å². The molecule has 0 bridgehead atoms. The van der Waals surface area contributed by atoms with Gasteiger partial charge < -0.3 is 14.7 Å². The Kier molecular flexibility index (Phi) is 3.94. The number of carbonyl (C=O) groups is 1. The Bertz CT molecular complexity index is 637. The van der Waals surface area contributed by atoms with Crippen LogP contribution in [-0.4, -0.2) is 25.2 Å². The molecule has 4 nitrogen and oxygen atoms in total. The van der Waals surface area contributed by atoms with Crippen molar-refractivity contribution < 1.29 is 14.6 Å². The number of hydrogen-bond donors (Lipinski definition) is 1. The van der Waals surface area contributed by atoms with Gasteiger partial charge in [0.05, 0.1) is 12.7 Å². The zero-order valence-corrected chi connectivity index (χ0v) is 11.8. The maximum Gasteiger partial charge on any atom is 0.261 e. The second-order valence-electron chi connectivity index (χ2n) is 4.59. The molecule has 0 aliphatic rings. The summed E-state index contributed by atoms with van der Waals surface area (Å²) in [7, 11) is 3.20. The van der Waals surface area contributed by atoms with Crippen molar-refractivity contribution in [2.45, 2.75) is 6.92 Å². The van der Waals surface area contributed by atoms with Crippen LogP contribution in [0.2, 0.25) is 0 Å². The first-order chi connectivity index (χ1) is 9.52. The molecule has 0 fully saturated rings. The van der Waals surface area contributed by atoms with Gasteiger partial charge in [0.1, 0.15) is 11.5 Å². The molecule has 104 valence electrons. The SMILES string of the molecule is COc1ccc(C)cc1C(=O)N(C)c1cccc(O)c1. The summed E-state index contributed by atoms with van der Waals surface area (Å²) in [6, 6.07) is 12.0. The minimum atomic E-state index is -0.184. The number of amides is 1. The fourth-order valence-electron chi connectivity index (χ4n) is 1.99. The van der Waals surface area contributed by atoms with Crippen LogP contribution in [0.25, 0.3) is 0 Å². The zero-order valence-electron chi connectivity index (χ0n) is 11.8. The molecule has 0 unspecified atom stereocenters. The van der Waals surface area contributed by atoms with Crippen LogP contribution in [0.4, 0.5) is 5.69 Å². The van der Waals surface area contributed by atoms with Gasteiger partial charge in [0, 0.05) is 18.8 Å². The number of aromatic hydroxyl groups is 1. The molecule has 2 aromatic carbocycles. The van der Waals surface area contributed by atoms with Crippen LogP contribution in [0.5, 0.6) is 11.5 Å². The van der Waals surface area contributed by atoms with E-state index in [1.165, 1.54) is 12.0 Å². The van der Waals surface area contributed by atoms with Crippen molar-refractivity contribution in [3.05, 3.63) is 53.6 Å². The number of methoxy groups -OCH3 is 1. The molecule has 2 rings (SSSR count). The molecule has 1 amide bonds. The fourth-order valence-corrected chi connectivity index (χ4v) is 1.99. The number of hydrogen-bond acceptors (Lipinski definition) is 3. The number of phenols is 1. The Balaban J connectivity index is 2.38. The molecule has 4 heteroatoms. The van der Waals surface area contributed by atoms with E-state index in [0.717, 1.165) is 5.56 Å². The molecular weight excluding hydrogens is 254 g/mol. The Morgan fingerprint density at radius 1 is 1.20 bits per heavy atom. The van der Waals surface area contributed by atoms with Crippen molar-refractivity contribution in [1.82, 2.24) is 0 Å². The molecule has 0 saturated heterocycles. The van der Waals surface area contributed by atoms with Gasteiger partial charge in [0.2, 0.25) is 0 Å². The molecule has 0 aliphatic heterocycles. The maximum atomic E-state index is 12.6. The highest BCUT2D eigenvalue weighted by molar-refractivity contribution is 6.07. The molecule has 0 aliphatic carbocycles. The third-order valence-corrected chi connectivity index (χ3v) is 3.11. The Morgan fingerprint density at radius 2 is 1.95 bits per heavy atom. The maximum absolute atomic E-state index is 12.6. The molecule has 0 aromatic heterocycles. The second kappa shape index (κ2) is 5.65. The second-order valence-corrected chi connectivity index (χ2v) is 4.59. The quantitative estimate of drug-likeness (QED) is 0.933. The van der Waals surface area contributed by atoms with Gasteiger partial charge in [-0.15, -0.1) is 0 Å². The van der Waals surface area contributed by atoms with Crippen LogP contribution in [-0.2, 0) is 0 Å². The van der Waals surface area contributed by atoms with Gasteiger partial charge in [0.25, 0.3) is 5.91 Å². The van der Waals surface area contributed by atoms with Crippen molar-refractivity contribution in [3.8, 4) is 11.5 Å². The van der Waals surface area contributed by atoms with Gasteiger partial charge in [-0.25, -0.2) is 0 Å². The Morgan fingerprint density at radius 3 is 2.60 bits per heavy atom. The molecule has 1 N–H and O–H groups in total. The average Bonchev–Trinajstić information content (AvgIpc) is 2.45. The number of phenolic OH excluding ortho intramolecular Hbond substituents is 1. The van der Waals surface area contributed by atoms with Crippen LogP contribution in [0.1, 0.15) is 15.9 Å². The van der Waals surface area contributed by atoms with E-state index >= 15 is 0 Å². The van der Waals surface area contributed by atoms with E-state index in [2.05, 4.69) is 0 Å². The predicted molar refractivity (Wildman–Crippen MR) is 78.6 cm³/mol. The van der Waals surface area contributed by atoms with E-state index in [1.54, 1.807) is 43.4 Å². The molecule has 2 aromatic rings. The standard InChI is InChI=1S/C16H17NO3/c1-11-7-8-15(20-3)14(9-11)16(19)17(2)12-5-4-6-13(18)10-12/h4-10,18H,1-3H3. The van der Waals surface area contributed by atoms with Crippen molar-refractivity contribution >= 4 is 11.6 Å². The van der Waals surface area contributed by atoms with E-state index in [9.17, 15) is 9.90 Å². The fraction of sp³-hybridized carbons (Fsp3) is 0.188. The van der Waals surface area contributed by atoms with Gasteiger partial charge in [-0.2, -0.15) is 0 Å². The van der Waals surface area contributed by atoms with Crippen LogP contribution in [0, 0.1) is 6.92 Å². The first-order valence-corrected chi connectivity index (χ1v) is 6.24. The highest BCUT2D eigenvalue weighted by Gasteiger charge is 2.18. The van der Waals surface area contributed by atoms with E-state index in [0.29, 0.717) is 17.0 Å². The summed E-state index contributed by atoms with van der Waals surface area (Å²) in [5.41, 5.74) is 2.11. The minimum Gasteiger partial charge on any atom is -0.508 e. The van der Waals surface area contributed by atoms with Crippen molar-refractivity contribution in [2.75, 3.05) is 19.1 Å². The largest absolute Gasteiger partial charge is 0.508 e. The average molecular weight is 271 g/mol. The van der Waals surface area contributed by atoms with Crippen molar-refractivity contribution in [3.63, 3.8) is 0 Å². The molecular formula is C16H17NO3. The highest BCUT2D eigenvalue weighted by atomic mass is 16.5. The van der Waals surface area contributed by atoms with Gasteiger partial charge in [-0.1, -0.05) is 17.7 Å². The monoisotopic (exact) mass is 271 g/mol. The summed E-state index contributed by atoms with van der Waals surface area (Å²) < 4.78 is 5.23. The number of anilines is 1. The van der Waals surface area contributed by atoms with Gasteiger partial charge in [-0.05, 0) is 31.2 Å². The number of nitrogens with zero attached hydrogens (tertiary/aromatic N) is 1. The van der Waals surface area contributed by atoms with Crippen LogP contribution < -0.4 is 9.64 Å². The summed E-state index contributed by atoms with van der Waals surface area (Å²) in [6.45, 7) is 1.92. The Labute approximate surface area is 118 Å². The summed E-state index contributed by atoms with van der Waals surface area (Å²) >= 11 is 0. The summed E-state index contributed by atoms with van der Waals surface area (Å²) in [6.07, 6.45) is 0. The first kappa shape index (κ1) is 13.9. The van der Waals surface area contributed by atoms with Crippen LogP contribution in [0.3, 0.4) is 0 Å². The van der Waals surface area contributed by atoms with E-state index < -0.39 is 0 Å². The lowest BCUT2D eigenvalue weighted by molar-refractivity contribution is 0.0990. The molecule has 0 radical (unpaired) electrons. The summed E-state index contributed by atoms with van der Waals surface area (Å²) in [4.78, 5) is 14.0. The van der Waals surface area contributed by atoms with Gasteiger partial charge in [-0.3, -0.25) is 4.79 Å². The smallest absolute Gasteiger partial charge is 0.261 e. The first-order valence-electron chi connectivity index (χ1n) is 6.24. The number of carbonyl (C=O) groups excluding carboxylic acids is 1. The predicted octanol–water partition coefficient (Wildman–Crippen LogP) is 2.99. The highest BCUT2D eigenvalue weighted by Crippen LogP contribution is 2.25. The third kappa shape index (κ3) is 2.74. The van der Waals surface area contributed by atoms with Crippen molar-refractivity contribution in [1.29, 1.82) is 0 Å². The lowest BCUT2D eigenvalue weighted by atomic mass is 10.1. The minimum absolute atomic E-state index is 0.123. The number of rotatable bonds is 3. The molecule has 0 heterocycles. The normalized spacial score (nSPS) is 10.2. The van der Waals surface area contributed by atoms with E-state index in [1.807, 2.05) is 13.0 Å². The van der Waals surface area contributed by atoms with Crippen molar-refractivity contribution in [2.24, 2.45) is 0 Å². The topological polar surface area (TPSA) is 49.8 Å².